The predicted molar refractivity (Wildman–Crippen MR) is 72.0 cm³/mol. The van der Waals surface area contributed by atoms with Crippen LogP contribution in [0.2, 0.25) is 0 Å². The molecule has 8 heteroatoms. The van der Waals surface area contributed by atoms with Gasteiger partial charge >= 0.3 is 0 Å². The van der Waals surface area contributed by atoms with Crippen molar-refractivity contribution in [1.82, 2.24) is 14.5 Å². The summed E-state index contributed by atoms with van der Waals surface area (Å²) in [5, 5.41) is 9.07. The van der Waals surface area contributed by atoms with Gasteiger partial charge in [0.05, 0.1) is 0 Å². The van der Waals surface area contributed by atoms with Crippen LogP contribution in [0.1, 0.15) is 25.5 Å². The number of nitriles is 1. The summed E-state index contributed by atoms with van der Waals surface area (Å²) in [4.78, 5) is 19.9. The number of hydrogen-bond donors (Lipinski definition) is 0. The fourth-order valence-electron chi connectivity index (χ4n) is 1.84. The molecule has 0 aliphatic carbocycles. The highest BCUT2D eigenvalue weighted by Crippen LogP contribution is 2.16. The van der Waals surface area contributed by atoms with E-state index in [1.807, 2.05) is 6.07 Å². The molecule has 0 radical (unpaired) electrons. The maximum Gasteiger partial charge on any atom is 0.270 e. The van der Waals surface area contributed by atoms with Crippen LogP contribution in [0.4, 0.5) is 0 Å². The molecule has 0 fully saturated rings. The minimum Gasteiger partial charge on any atom is -0.289 e. The van der Waals surface area contributed by atoms with Gasteiger partial charge in [0.25, 0.3) is 5.56 Å². The zero-order chi connectivity index (χ0) is 15.1. The Bertz CT molecular complexity index is 891. The van der Waals surface area contributed by atoms with Gasteiger partial charge in [-0.15, -0.1) is 0 Å². The molecule has 104 valence electrons. The van der Waals surface area contributed by atoms with E-state index in [4.69, 9.17) is 5.26 Å². The SMILES string of the molecule is CC(C)n1c(=O)c(C#N)cc2cnc(S(C)(=O)=O)nc21. The first-order valence-corrected chi connectivity index (χ1v) is 7.67. The molecule has 0 spiro atoms. The summed E-state index contributed by atoms with van der Waals surface area (Å²) in [5.74, 6) is 0. The fourth-order valence-corrected chi connectivity index (χ4v) is 2.34. The fraction of sp³-hybridized carbons (Fsp3) is 0.333. The van der Waals surface area contributed by atoms with Crippen molar-refractivity contribution in [2.24, 2.45) is 0 Å². The van der Waals surface area contributed by atoms with E-state index < -0.39 is 15.4 Å². The van der Waals surface area contributed by atoms with Crippen molar-refractivity contribution in [3.8, 4) is 6.07 Å². The molecule has 2 aromatic rings. The van der Waals surface area contributed by atoms with Crippen molar-refractivity contribution in [2.75, 3.05) is 6.26 Å². The Labute approximate surface area is 115 Å². The molecule has 0 unspecified atom stereocenters. The van der Waals surface area contributed by atoms with Gasteiger partial charge in [-0.05, 0) is 19.9 Å². The highest BCUT2D eigenvalue weighted by Gasteiger charge is 2.17. The summed E-state index contributed by atoms with van der Waals surface area (Å²) in [6, 6.07) is 2.92. The highest BCUT2D eigenvalue weighted by molar-refractivity contribution is 7.90. The van der Waals surface area contributed by atoms with Crippen LogP contribution in [-0.2, 0) is 9.84 Å². The summed E-state index contributed by atoms with van der Waals surface area (Å²) < 4.78 is 24.3. The van der Waals surface area contributed by atoms with Crippen molar-refractivity contribution in [2.45, 2.75) is 25.0 Å². The Hall–Kier alpha value is -2.27. The average Bonchev–Trinajstić information content (AvgIpc) is 2.35. The van der Waals surface area contributed by atoms with Gasteiger partial charge in [-0.1, -0.05) is 0 Å². The van der Waals surface area contributed by atoms with E-state index in [1.54, 1.807) is 13.8 Å². The van der Waals surface area contributed by atoms with Gasteiger partial charge in [0, 0.05) is 23.9 Å². The van der Waals surface area contributed by atoms with Crippen LogP contribution in [0.5, 0.6) is 0 Å². The lowest BCUT2D eigenvalue weighted by Gasteiger charge is -2.13. The quantitative estimate of drug-likeness (QED) is 0.752. The van der Waals surface area contributed by atoms with Gasteiger partial charge in [-0.25, -0.2) is 13.4 Å². The summed E-state index contributed by atoms with van der Waals surface area (Å²) in [6.45, 7) is 3.51. The minimum atomic E-state index is -3.57. The number of aromatic nitrogens is 3. The molecular formula is C12H12N4O3S. The van der Waals surface area contributed by atoms with Crippen LogP contribution >= 0.6 is 0 Å². The molecule has 0 aliphatic heterocycles. The predicted octanol–water partition coefficient (Wildman–Crippen LogP) is 0.648. The lowest BCUT2D eigenvalue weighted by molar-refractivity contribution is 0.581. The van der Waals surface area contributed by atoms with Crippen LogP contribution in [0.15, 0.2) is 22.2 Å². The molecular weight excluding hydrogens is 280 g/mol. The van der Waals surface area contributed by atoms with Crippen molar-refractivity contribution in [3.05, 3.63) is 28.2 Å². The minimum absolute atomic E-state index is 0.0260. The van der Waals surface area contributed by atoms with E-state index >= 15 is 0 Å². The lowest BCUT2D eigenvalue weighted by atomic mass is 10.2. The van der Waals surface area contributed by atoms with Gasteiger partial charge in [0.1, 0.15) is 17.3 Å². The standard InChI is InChI=1S/C12H12N4O3S/c1-7(2)16-10-9(4-8(5-13)11(16)17)6-14-12(15-10)20(3,18)19/h4,6-7H,1-3H3. The third kappa shape index (κ3) is 2.28. The highest BCUT2D eigenvalue weighted by atomic mass is 32.2. The van der Waals surface area contributed by atoms with E-state index in [1.165, 1.54) is 16.8 Å². The number of fused-ring (bicyclic) bond motifs is 1. The Morgan fingerprint density at radius 2 is 2.05 bits per heavy atom. The number of pyridine rings is 1. The van der Waals surface area contributed by atoms with Crippen LogP contribution in [-0.4, -0.2) is 29.2 Å². The van der Waals surface area contributed by atoms with E-state index in [0.717, 1.165) is 6.26 Å². The molecule has 0 saturated carbocycles. The Balaban J connectivity index is 2.99. The third-order valence-electron chi connectivity index (χ3n) is 2.72. The zero-order valence-corrected chi connectivity index (χ0v) is 12.0. The lowest BCUT2D eigenvalue weighted by Crippen LogP contribution is -2.25. The van der Waals surface area contributed by atoms with Crippen LogP contribution in [0, 0.1) is 11.3 Å². The monoisotopic (exact) mass is 292 g/mol. The summed E-state index contributed by atoms with van der Waals surface area (Å²) in [6.07, 6.45) is 2.30. The molecule has 0 N–H and O–H groups in total. The normalized spacial score (nSPS) is 11.8. The number of hydrogen-bond acceptors (Lipinski definition) is 6. The van der Waals surface area contributed by atoms with E-state index in [0.29, 0.717) is 5.39 Å². The molecule has 0 amide bonds. The summed E-state index contributed by atoms with van der Waals surface area (Å²) >= 11 is 0. The second-order valence-corrected chi connectivity index (χ2v) is 6.55. The largest absolute Gasteiger partial charge is 0.289 e. The van der Waals surface area contributed by atoms with Crippen LogP contribution in [0.3, 0.4) is 0 Å². The average molecular weight is 292 g/mol. The Kier molecular flexibility index (Phi) is 3.31. The van der Waals surface area contributed by atoms with Gasteiger partial charge in [0.15, 0.2) is 0 Å². The van der Waals surface area contributed by atoms with Crippen molar-refractivity contribution >= 4 is 20.9 Å². The summed E-state index contributed by atoms with van der Waals surface area (Å²) in [7, 11) is -3.57. The zero-order valence-electron chi connectivity index (χ0n) is 11.2. The van der Waals surface area contributed by atoms with Gasteiger partial charge < -0.3 is 0 Å². The first-order valence-electron chi connectivity index (χ1n) is 5.78. The maximum absolute atomic E-state index is 12.1. The summed E-state index contributed by atoms with van der Waals surface area (Å²) in [5.41, 5.74) is -0.311. The smallest absolute Gasteiger partial charge is 0.270 e. The van der Waals surface area contributed by atoms with Gasteiger partial charge in [-0.2, -0.15) is 10.2 Å². The van der Waals surface area contributed by atoms with Crippen molar-refractivity contribution < 1.29 is 8.42 Å². The molecule has 0 aliphatic rings. The Morgan fingerprint density at radius 3 is 2.55 bits per heavy atom. The van der Waals surface area contributed by atoms with Gasteiger partial charge in [-0.3, -0.25) is 9.36 Å². The van der Waals surface area contributed by atoms with E-state index in [9.17, 15) is 13.2 Å². The first-order chi connectivity index (χ1) is 9.25. The van der Waals surface area contributed by atoms with Crippen molar-refractivity contribution in [1.29, 1.82) is 5.26 Å². The van der Waals surface area contributed by atoms with Crippen molar-refractivity contribution in [3.63, 3.8) is 0 Å². The molecule has 2 heterocycles. The molecule has 20 heavy (non-hydrogen) atoms. The third-order valence-corrected chi connectivity index (χ3v) is 3.58. The van der Waals surface area contributed by atoms with Gasteiger partial charge in [0.2, 0.25) is 15.0 Å². The Morgan fingerprint density at radius 1 is 1.40 bits per heavy atom. The first kappa shape index (κ1) is 14.1. The molecule has 2 aromatic heterocycles. The van der Waals surface area contributed by atoms with E-state index in [2.05, 4.69) is 9.97 Å². The molecule has 2 rings (SSSR count). The molecule has 0 saturated heterocycles. The number of rotatable bonds is 2. The maximum atomic E-state index is 12.1. The number of nitrogens with zero attached hydrogens (tertiary/aromatic N) is 4. The molecule has 0 bridgehead atoms. The molecule has 0 atom stereocenters. The second kappa shape index (κ2) is 4.68. The second-order valence-electron chi connectivity index (χ2n) is 4.64. The molecule has 0 aromatic carbocycles. The topological polar surface area (TPSA) is 106 Å². The van der Waals surface area contributed by atoms with Crippen LogP contribution < -0.4 is 5.56 Å². The van der Waals surface area contributed by atoms with Crippen LogP contribution in [0.25, 0.3) is 11.0 Å². The molecule has 7 nitrogen and oxygen atoms in total. The van der Waals surface area contributed by atoms with E-state index in [-0.39, 0.29) is 22.4 Å². The number of sulfone groups is 1.